The standard InChI is InChI=1S/C13H13N3O/c1-9-3-2-4-10(7-9)16-13(17)11-8-15-6-5-12(11)14/h2-8H,1H3,(H2,14,15)(H,16,17). The van der Waals surface area contributed by atoms with Crippen molar-refractivity contribution in [2.75, 3.05) is 11.1 Å². The highest BCUT2D eigenvalue weighted by molar-refractivity contribution is 6.07. The van der Waals surface area contributed by atoms with Gasteiger partial charge in [0.15, 0.2) is 0 Å². The molecular formula is C13H13N3O. The molecule has 0 aliphatic heterocycles. The molecule has 0 atom stereocenters. The highest BCUT2D eigenvalue weighted by Crippen LogP contribution is 2.14. The van der Waals surface area contributed by atoms with E-state index in [1.54, 1.807) is 12.3 Å². The van der Waals surface area contributed by atoms with Crippen LogP contribution in [0.5, 0.6) is 0 Å². The molecule has 0 spiro atoms. The summed E-state index contributed by atoms with van der Waals surface area (Å²) >= 11 is 0. The first-order valence-corrected chi connectivity index (χ1v) is 5.24. The lowest BCUT2D eigenvalue weighted by molar-refractivity contribution is 0.102. The fraction of sp³-hybridized carbons (Fsp3) is 0.0769. The lowest BCUT2D eigenvalue weighted by Crippen LogP contribution is -2.14. The third-order valence-electron chi connectivity index (χ3n) is 2.38. The van der Waals surface area contributed by atoms with E-state index in [2.05, 4.69) is 10.3 Å². The molecule has 0 radical (unpaired) electrons. The third-order valence-corrected chi connectivity index (χ3v) is 2.38. The van der Waals surface area contributed by atoms with Gasteiger partial charge in [0, 0.05) is 23.8 Å². The second-order valence-electron chi connectivity index (χ2n) is 3.79. The van der Waals surface area contributed by atoms with Gasteiger partial charge >= 0.3 is 0 Å². The number of benzene rings is 1. The molecule has 2 rings (SSSR count). The quantitative estimate of drug-likeness (QED) is 0.826. The number of carbonyl (C=O) groups excluding carboxylic acids is 1. The Labute approximate surface area is 99.5 Å². The maximum absolute atomic E-state index is 11.9. The molecule has 1 aromatic carbocycles. The van der Waals surface area contributed by atoms with Crippen LogP contribution < -0.4 is 11.1 Å². The van der Waals surface area contributed by atoms with E-state index in [9.17, 15) is 4.79 Å². The summed E-state index contributed by atoms with van der Waals surface area (Å²) in [6.45, 7) is 1.97. The lowest BCUT2D eigenvalue weighted by atomic mass is 10.2. The van der Waals surface area contributed by atoms with Crippen LogP contribution in [0.3, 0.4) is 0 Å². The zero-order chi connectivity index (χ0) is 12.3. The van der Waals surface area contributed by atoms with Gasteiger partial charge in [-0.05, 0) is 30.7 Å². The Morgan fingerprint density at radius 1 is 1.35 bits per heavy atom. The normalized spacial score (nSPS) is 9.94. The average molecular weight is 227 g/mol. The van der Waals surface area contributed by atoms with Crippen molar-refractivity contribution >= 4 is 17.3 Å². The third kappa shape index (κ3) is 2.60. The van der Waals surface area contributed by atoms with Crippen LogP contribution in [0.1, 0.15) is 15.9 Å². The number of amides is 1. The van der Waals surface area contributed by atoms with E-state index in [1.165, 1.54) is 6.20 Å². The Balaban J connectivity index is 2.20. The molecule has 1 aromatic heterocycles. The van der Waals surface area contributed by atoms with Gasteiger partial charge in [0.1, 0.15) is 0 Å². The second-order valence-corrected chi connectivity index (χ2v) is 3.79. The molecule has 0 unspecified atom stereocenters. The van der Waals surface area contributed by atoms with Gasteiger partial charge in [-0.1, -0.05) is 12.1 Å². The zero-order valence-electron chi connectivity index (χ0n) is 9.47. The van der Waals surface area contributed by atoms with E-state index in [4.69, 9.17) is 5.73 Å². The molecular weight excluding hydrogens is 214 g/mol. The number of hydrogen-bond acceptors (Lipinski definition) is 3. The average Bonchev–Trinajstić information content (AvgIpc) is 2.29. The van der Waals surface area contributed by atoms with Crippen molar-refractivity contribution in [1.82, 2.24) is 4.98 Å². The number of nitrogens with one attached hydrogen (secondary N) is 1. The Hall–Kier alpha value is -2.36. The zero-order valence-corrected chi connectivity index (χ0v) is 9.47. The maximum Gasteiger partial charge on any atom is 0.259 e. The number of nitrogens with two attached hydrogens (primary N) is 1. The Morgan fingerprint density at radius 2 is 2.18 bits per heavy atom. The number of hydrogen-bond donors (Lipinski definition) is 2. The van der Waals surface area contributed by atoms with Crippen molar-refractivity contribution in [3.05, 3.63) is 53.9 Å². The van der Waals surface area contributed by atoms with Crippen LogP contribution in [-0.4, -0.2) is 10.9 Å². The SMILES string of the molecule is Cc1cccc(NC(=O)c2cnccc2N)c1. The molecule has 0 saturated heterocycles. The minimum atomic E-state index is -0.249. The topological polar surface area (TPSA) is 68.0 Å². The highest BCUT2D eigenvalue weighted by Gasteiger charge is 2.09. The van der Waals surface area contributed by atoms with Gasteiger partial charge in [-0.3, -0.25) is 9.78 Å². The molecule has 1 amide bonds. The maximum atomic E-state index is 11.9. The number of pyridine rings is 1. The number of carbonyl (C=O) groups is 1. The van der Waals surface area contributed by atoms with Crippen LogP contribution in [0, 0.1) is 6.92 Å². The number of nitrogens with zero attached hydrogens (tertiary/aromatic N) is 1. The predicted molar refractivity (Wildman–Crippen MR) is 67.8 cm³/mol. The van der Waals surface area contributed by atoms with Crippen molar-refractivity contribution in [2.24, 2.45) is 0 Å². The molecule has 0 aliphatic rings. The van der Waals surface area contributed by atoms with E-state index in [1.807, 2.05) is 31.2 Å². The number of aromatic nitrogens is 1. The number of nitrogen functional groups attached to an aromatic ring is 1. The van der Waals surface area contributed by atoms with Crippen molar-refractivity contribution in [2.45, 2.75) is 6.92 Å². The van der Waals surface area contributed by atoms with E-state index >= 15 is 0 Å². The number of anilines is 2. The summed E-state index contributed by atoms with van der Waals surface area (Å²) in [5, 5.41) is 2.78. The van der Waals surface area contributed by atoms with Crippen molar-refractivity contribution in [3.63, 3.8) is 0 Å². The minimum absolute atomic E-state index is 0.249. The summed E-state index contributed by atoms with van der Waals surface area (Å²) in [4.78, 5) is 15.8. The summed E-state index contributed by atoms with van der Waals surface area (Å²) in [6.07, 6.45) is 3.01. The first kappa shape index (κ1) is 11.1. The van der Waals surface area contributed by atoms with Crippen LogP contribution in [0.4, 0.5) is 11.4 Å². The van der Waals surface area contributed by atoms with Gasteiger partial charge in [0.25, 0.3) is 5.91 Å². The van der Waals surface area contributed by atoms with E-state index < -0.39 is 0 Å². The molecule has 17 heavy (non-hydrogen) atoms. The van der Waals surface area contributed by atoms with Gasteiger partial charge in [-0.15, -0.1) is 0 Å². The fourth-order valence-electron chi connectivity index (χ4n) is 1.52. The molecule has 1 heterocycles. The van der Waals surface area contributed by atoms with E-state index in [-0.39, 0.29) is 5.91 Å². The summed E-state index contributed by atoms with van der Waals surface area (Å²) in [7, 11) is 0. The van der Waals surface area contributed by atoms with Gasteiger partial charge < -0.3 is 11.1 Å². The minimum Gasteiger partial charge on any atom is -0.398 e. The van der Waals surface area contributed by atoms with Gasteiger partial charge in [-0.25, -0.2) is 0 Å². The summed E-state index contributed by atoms with van der Waals surface area (Å²) in [5.41, 5.74) is 8.34. The molecule has 2 aromatic rings. The molecule has 4 nitrogen and oxygen atoms in total. The fourth-order valence-corrected chi connectivity index (χ4v) is 1.52. The molecule has 86 valence electrons. The lowest BCUT2D eigenvalue weighted by Gasteiger charge is -2.07. The van der Waals surface area contributed by atoms with Crippen LogP contribution in [0.25, 0.3) is 0 Å². The highest BCUT2D eigenvalue weighted by atomic mass is 16.1. The molecule has 0 fully saturated rings. The van der Waals surface area contributed by atoms with E-state index in [0.29, 0.717) is 11.3 Å². The second kappa shape index (κ2) is 4.65. The molecule has 4 heteroatoms. The first-order valence-electron chi connectivity index (χ1n) is 5.24. The Kier molecular flexibility index (Phi) is 3.05. The van der Waals surface area contributed by atoms with Crippen LogP contribution in [-0.2, 0) is 0 Å². The van der Waals surface area contributed by atoms with E-state index in [0.717, 1.165) is 11.3 Å². The van der Waals surface area contributed by atoms with Crippen molar-refractivity contribution in [1.29, 1.82) is 0 Å². The molecule has 0 aliphatic carbocycles. The summed E-state index contributed by atoms with van der Waals surface area (Å²) < 4.78 is 0. The molecule has 0 bridgehead atoms. The summed E-state index contributed by atoms with van der Waals surface area (Å²) in [6, 6.07) is 9.18. The van der Waals surface area contributed by atoms with Crippen LogP contribution in [0.15, 0.2) is 42.7 Å². The van der Waals surface area contributed by atoms with Crippen molar-refractivity contribution < 1.29 is 4.79 Å². The Morgan fingerprint density at radius 3 is 2.88 bits per heavy atom. The van der Waals surface area contributed by atoms with Gasteiger partial charge in [-0.2, -0.15) is 0 Å². The molecule has 0 saturated carbocycles. The summed E-state index contributed by atoms with van der Waals surface area (Å²) in [5.74, 6) is -0.249. The smallest absolute Gasteiger partial charge is 0.259 e. The number of rotatable bonds is 2. The van der Waals surface area contributed by atoms with Crippen molar-refractivity contribution in [3.8, 4) is 0 Å². The molecule has 3 N–H and O–H groups in total. The Bertz CT molecular complexity index is 552. The van der Waals surface area contributed by atoms with Gasteiger partial charge in [0.2, 0.25) is 0 Å². The van der Waals surface area contributed by atoms with Gasteiger partial charge in [0.05, 0.1) is 5.56 Å². The monoisotopic (exact) mass is 227 g/mol. The first-order chi connectivity index (χ1) is 8.16. The largest absolute Gasteiger partial charge is 0.398 e. The van der Waals surface area contributed by atoms with Crippen LogP contribution >= 0.6 is 0 Å². The predicted octanol–water partition coefficient (Wildman–Crippen LogP) is 2.22. The van der Waals surface area contributed by atoms with Crippen LogP contribution in [0.2, 0.25) is 0 Å². The number of aryl methyl sites for hydroxylation is 1.